The van der Waals surface area contributed by atoms with Crippen molar-refractivity contribution in [3.63, 3.8) is 0 Å². The van der Waals surface area contributed by atoms with Gasteiger partial charge in [0.25, 0.3) is 0 Å². The Bertz CT molecular complexity index is 672. The van der Waals surface area contributed by atoms with Crippen molar-refractivity contribution in [2.75, 3.05) is 13.7 Å². The summed E-state index contributed by atoms with van der Waals surface area (Å²) in [5.74, 6) is -0.860. The topological polar surface area (TPSA) is 130 Å². The Balaban J connectivity index is 0.000000431. The SMILES string of the molecule is CN1C2CCC1CC(OC(=O)C(CO)c1ccccc1)C2.O=S(=O)([O-])[O-]. The molecule has 8 nitrogen and oxygen atoms in total. The zero-order valence-corrected chi connectivity index (χ0v) is 15.3. The number of carbonyl (C=O) groups is 1. The largest absolute Gasteiger partial charge is 0.759 e. The van der Waals surface area contributed by atoms with Crippen molar-refractivity contribution in [1.82, 2.24) is 4.90 Å². The molecular formula is C17H23NO7S-2. The number of ether oxygens (including phenoxy) is 1. The van der Waals surface area contributed by atoms with Crippen LogP contribution in [0.3, 0.4) is 0 Å². The second-order valence-electron chi connectivity index (χ2n) is 6.63. The lowest BCUT2D eigenvalue weighted by atomic mass is 9.98. The highest BCUT2D eigenvalue weighted by Gasteiger charge is 2.40. The third kappa shape index (κ3) is 6.03. The molecule has 1 aromatic carbocycles. The van der Waals surface area contributed by atoms with E-state index < -0.39 is 16.3 Å². The molecular weight excluding hydrogens is 362 g/mol. The van der Waals surface area contributed by atoms with E-state index >= 15 is 0 Å². The van der Waals surface area contributed by atoms with Gasteiger partial charge < -0.3 is 23.8 Å². The molecule has 0 aromatic heterocycles. The highest BCUT2D eigenvalue weighted by molar-refractivity contribution is 7.79. The molecule has 9 heteroatoms. The van der Waals surface area contributed by atoms with Gasteiger partial charge in [-0.05, 0) is 38.3 Å². The lowest BCUT2D eigenvalue weighted by molar-refractivity contribution is -0.155. The van der Waals surface area contributed by atoms with Gasteiger partial charge in [-0.15, -0.1) is 0 Å². The number of carbonyl (C=O) groups excluding carboxylic acids is 1. The lowest BCUT2D eigenvalue weighted by Gasteiger charge is -2.36. The Labute approximate surface area is 153 Å². The van der Waals surface area contributed by atoms with Crippen LogP contribution in [0.4, 0.5) is 0 Å². The van der Waals surface area contributed by atoms with E-state index in [9.17, 15) is 9.90 Å². The van der Waals surface area contributed by atoms with E-state index in [0.717, 1.165) is 18.4 Å². The molecule has 1 aromatic rings. The predicted octanol–water partition coefficient (Wildman–Crippen LogP) is 0.593. The van der Waals surface area contributed by atoms with E-state index in [0.29, 0.717) is 12.1 Å². The van der Waals surface area contributed by atoms with E-state index in [1.807, 2.05) is 30.3 Å². The second-order valence-corrected chi connectivity index (χ2v) is 7.45. The van der Waals surface area contributed by atoms with Gasteiger partial charge in [0.15, 0.2) is 0 Å². The number of fused-ring (bicyclic) bond motifs is 2. The molecule has 146 valence electrons. The summed E-state index contributed by atoms with van der Waals surface area (Å²) in [5.41, 5.74) is 0.820. The van der Waals surface area contributed by atoms with E-state index in [1.165, 1.54) is 12.8 Å². The summed E-state index contributed by atoms with van der Waals surface area (Å²) < 4.78 is 39.8. The number of nitrogens with zero attached hydrogens (tertiary/aromatic N) is 1. The maximum Gasteiger partial charge on any atom is 0.316 e. The first-order valence-corrected chi connectivity index (χ1v) is 9.77. The van der Waals surface area contributed by atoms with E-state index in [4.69, 9.17) is 22.3 Å². The van der Waals surface area contributed by atoms with Crippen molar-refractivity contribution in [2.24, 2.45) is 0 Å². The summed E-state index contributed by atoms with van der Waals surface area (Å²) in [4.78, 5) is 14.8. The monoisotopic (exact) mass is 385 g/mol. The molecule has 2 heterocycles. The van der Waals surface area contributed by atoms with E-state index in [2.05, 4.69) is 11.9 Å². The molecule has 0 radical (unpaired) electrons. The molecule has 1 N–H and O–H groups in total. The molecule has 3 unspecified atom stereocenters. The molecule has 3 rings (SSSR count). The minimum Gasteiger partial charge on any atom is -0.759 e. The fourth-order valence-corrected chi connectivity index (χ4v) is 3.71. The van der Waals surface area contributed by atoms with Crippen LogP contribution < -0.4 is 0 Å². The smallest absolute Gasteiger partial charge is 0.316 e. The van der Waals surface area contributed by atoms with Crippen molar-refractivity contribution in [3.05, 3.63) is 35.9 Å². The van der Waals surface area contributed by atoms with E-state index in [1.54, 1.807) is 0 Å². The van der Waals surface area contributed by atoms with Crippen LogP contribution in [0.25, 0.3) is 0 Å². The minimum atomic E-state index is -5.17. The normalized spacial score (nSPS) is 26.5. The summed E-state index contributed by atoms with van der Waals surface area (Å²) in [6, 6.07) is 10.5. The number of hydrogen-bond acceptors (Lipinski definition) is 8. The average molecular weight is 385 g/mol. The first kappa shape index (κ1) is 20.8. The number of aliphatic hydroxyl groups is 1. The van der Waals surface area contributed by atoms with Crippen LogP contribution in [-0.4, -0.2) is 65.3 Å². The maximum atomic E-state index is 12.4. The summed E-state index contributed by atoms with van der Waals surface area (Å²) in [5, 5.41) is 9.53. The van der Waals surface area contributed by atoms with Crippen LogP contribution in [0.1, 0.15) is 37.2 Å². The maximum absolute atomic E-state index is 12.4. The molecule has 0 amide bonds. The third-order valence-corrected chi connectivity index (χ3v) is 5.01. The van der Waals surface area contributed by atoms with Gasteiger partial charge in [0.2, 0.25) is 0 Å². The van der Waals surface area contributed by atoms with Crippen molar-refractivity contribution in [3.8, 4) is 0 Å². The Morgan fingerprint density at radius 2 is 1.73 bits per heavy atom. The Kier molecular flexibility index (Phi) is 7.13. The van der Waals surface area contributed by atoms with Gasteiger partial charge in [0.1, 0.15) is 12.0 Å². The first-order valence-electron chi connectivity index (χ1n) is 8.44. The Morgan fingerprint density at radius 3 is 2.19 bits per heavy atom. The van der Waals surface area contributed by atoms with Gasteiger partial charge in [0, 0.05) is 22.5 Å². The van der Waals surface area contributed by atoms with Gasteiger partial charge >= 0.3 is 5.97 Å². The Morgan fingerprint density at radius 1 is 1.23 bits per heavy atom. The predicted molar refractivity (Wildman–Crippen MR) is 90.4 cm³/mol. The van der Waals surface area contributed by atoms with E-state index in [-0.39, 0.29) is 18.7 Å². The summed E-state index contributed by atoms with van der Waals surface area (Å²) in [6.07, 6.45) is 4.26. The number of hydrogen-bond donors (Lipinski definition) is 1. The lowest BCUT2D eigenvalue weighted by Crippen LogP contribution is -2.43. The highest BCUT2D eigenvalue weighted by atomic mass is 32.3. The zero-order chi connectivity index (χ0) is 19.3. The fraction of sp³-hybridized carbons (Fsp3) is 0.588. The van der Waals surface area contributed by atoms with Crippen molar-refractivity contribution in [1.29, 1.82) is 0 Å². The number of esters is 1. The molecule has 0 saturated carbocycles. The summed E-state index contributed by atoms with van der Waals surface area (Å²) >= 11 is 0. The van der Waals surface area contributed by atoms with Crippen LogP contribution in [0.2, 0.25) is 0 Å². The van der Waals surface area contributed by atoms with Crippen LogP contribution in [-0.2, 0) is 19.9 Å². The second kappa shape index (κ2) is 8.92. The van der Waals surface area contributed by atoms with Crippen LogP contribution in [0.15, 0.2) is 30.3 Å². The number of piperidine rings is 1. The fourth-order valence-electron chi connectivity index (χ4n) is 3.71. The van der Waals surface area contributed by atoms with Crippen molar-refractivity contribution >= 4 is 16.4 Å². The molecule has 2 fully saturated rings. The molecule has 2 bridgehead atoms. The molecule has 3 atom stereocenters. The minimum absolute atomic E-state index is 0.00367. The zero-order valence-electron chi connectivity index (χ0n) is 14.5. The van der Waals surface area contributed by atoms with Crippen LogP contribution >= 0.6 is 0 Å². The third-order valence-electron chi connectivity index (χ3n) is 5.01. The average Bonchev–Trinajstić information content (AvgIpc) is 2.77. The van der Waals surface area contributed by atoms with Gasteiger partial charge in [-0.1, -0.05) is 30.3 Å². The molecule has 26 heavy (non-hydrogen) atoms. The molecule has 2 aliphatic rings. The van der Waals surface area contributed by atoms with Gasteiger partial charge in [-0.2, -0.15) is 0 Å². The van der Waals surface area contributed by atoms with Crippen molar-refractivity contribution in [2.45, 2.75) is 49.8 Å². The molecule has 2 aliphatic heterocycles. The highest BCUT2D eigenvalue weighted by Crippen LogP contribution is 2.36. The van der Waals surface area contributed by atoms with Crippen LogP contribution in [0, 0.1) is 0 Å². The Hall–Kier alpha value is -1.52. The first-order chi connectivity index (χ1) is 12.2. The molecule has 0 spiro atoms. The van der Waals surface area contributed by atoms with Gasteiger partial charge in [0.05, 0.1) is 6.61 Å². The van der Waals surface area contributed by atoms with Crippen molar-refractivity contribution < 1.29 is 32.2 Å². The summed E-state index contributed by atoms with van der Waals surface area (Å²) in [6.45, 7) is -0.206. The number of rotatable bonds is 4. The quantitative estimate of drug-likeness (QED) is 0.453. The number of benzene rings is 1. The summed E-state index contributed by atoms with van der Waals surface area (Å²) in [7, 11) is -3.00. The standard InChI is InChI=1S/C17H23NO3.H2O4S/c1-18-13-7-8-14(18)10-15(9-13)21-17(20)16(11-19)12-5-3-2-4-6-12;1-5(2,3)4/h2-6,13-16,19H,7-11H2,1H3;(H2,1,2,3,4)/p-2. The molecule has 2 saturated heterocycles. The number of aliphatic hydroxyl groups excluding tert-OH is 1. The van der Waals surface area contributed by atoms with Gasteiger partial charge in [-0.25, -0.2) is 0 Å². The molecule has 0 aliphatic carbocycles. The van der Waals surface area contributed by atoms with Crippen LogP contribution in [0.5, 0.6) is 0 Å². The van der Waals surface area contributed by atoms with Gasteiger partial charge in [-0.3, -0.25) is 13.2 Å².